The lowest BCUT2D eigenvalue weighted by molar-refractivity contribution is 1.27. The van der Waals surface area contributed by atoms with Gasteiger partial charge in [-0.2, -0.15) is 0 Å². The highest BCUT2D eigenvalue weighted by Gasteiger charge is 2.26. The van der Waals surface area contributed by atoms with E-state index in [0.717, 1.165) is 17.1 Å². The third-order valence-corrected chi connectivity index (χ3v) is 10.9. The molecular formula is C46H27N3. The van der Waals surface area contributed by atoms with E-state index in [1.165, 1.54) is 87.0 Å². The van der Waals surface area contributed by atoms with Gasteiger partial charge >= 0.3 is 0 Å². The van der Waals surface area contributed by atoms with Crippen molar-refractivity contribution in [2.75, 3.05) is 4.90 Å². The number of nitrogens with zero attached hydrogens (tertiary/aromatic N) is 3. The highest BCUT2D eigenvalue weighted by molar-refractivity contribution is 6.34. The van der Waals surface area contributed by atoms with Crippen LogP contribution >= 0.6 is 0 Å². The first-order valence-electron chi connectivity index (χ1n) is 17.0. The lowest BCUT2D eigenvalue weighted by Gasteiger charge is -2.26. The molecule has 0 bridgehead atoms. The highest BCUT2D eigenvalue weighted by Crippen LogP contribution is 2.49. The summed E-state index contributed by atoms with van der Waals surface area (Å²) in [6, 6.07) is 60.2. The third kappa shape index (κ3) is 3.13. The van der Waals surface area contributed by atoms with E-state index in [4.69, 9.17) is 0 Å². The molecule has 0 unspecified atom stereocenters. The molecule has 49 heavy (non-hydrogen) atoms. The Kier molecular flexibility index (Phi) is 4.72. The van der Waals surface area contributed by atoms with Gasteiger partial charge in [-0.05, 0) is 65.4 Å². The summed E-state index contributed by atoms with van der Waals surface area (Å²) >= 11 is 0. The van der Waals surface area contributed by atoms with E-state index in [0.29, 0.717) is 0 Å². The number of anilines is 3. The number of para-hydroxylation sites is 5. The molecule has 0 saturated heterocycles. The molecule has 8 aromatic carbocycles. The first-order chi connectivity index (χ1) is 24.3. The second-order valence-electron chi connectivity index (χ2n) is 13.3. The van der Waals surface area contributed by atoms with Gasteiger partial charge in [0.2, 0.25) is 0 Å². The largest absolute Gasteiger partial charge is 0.308 e. The number of fused-ring (bicyclic) bond motifs is 14. The maximum atomic E-state index is 2.57. The zero-order valence-electron chi connectivity index (χ0n) is 26.4. The van der Waals surface area contributed by atoms with Gasteiger partial charge in [-0.25, -0.2) is 0 Å². The minimum Gasteiger partial charge on any atom is -0.308 e. The van der Waals surface area contributed by atoms with Gasteiger partial charge in [0, 0.05) is 54.5 Å². The van der Waals surface area contributed by atoms with Crippen LogP contribution in [0.1, 0.15) is 0 Å². The smallest absolute Gasteiger partial charge is 0.0782 e. The van der Waals surface area contributed by atoms with Crippen LogP contribution in [0.15, 0.2) is 164 Å². The predicted octanol–water partition coefficient (Wildman–Crippen LogP) is 12.6. The topological polar surface area (TPSA) is 12.1 Å². The summed E-state index contributed by atoms with van der Waals surface area (Å²) in [7, 11) is 0. The van der Waals surface area contributed by atoms with Crippen molar-refractivity contribution >= 4 is 104 Å². The summed E-state index contributed by atoms with van der Waals surface area (Å²) < 4.78 is 5.07. The molecule has 0 N–H and O–H groups in total. The normalized spacial score (nSPS) is 12.5. The molecule has 12 rings (SSSR count). The van der Waals surface area contributed by atoms with Gasteiger partial charge in [0.1, 0.15) is 0 Å². The summed E-state index contributed by atoms with van der Waals surface area (Å²) in [4.78, 5) is 2.41. The average molecular weight is 622 g/mol. The molecular weight excluding hydrogens is 595 g/mol. The number of hydrogen-bond donors (Lipinski definition) is 0. The molecule has 0 aliphatic heterocycles. The van der Waals surface area contributed by atoms with Crippen LogP contribution in [-0.2, 0) is 0 Å². The summed E-state index contributed by atoms with van der Waals surface area (Å²) in [6.07, 6.45) is 0. The second kappa shape index (κ2) is 9.06. The summed E-state index contributed by atoms with van der Waals surface area (Å²) in [5.74, 6) is 0. The van der Waals surface area contributed by atoms with Crippen molar-refractivity contribution in [1.82, 2.24) is 8.80 Å². The van der Waals surface area contributed by atoms with E-state index in [1.807, 2.05) is 0 Å². The van der Waals surface area contributed by atoms with Gasteiger partial charge in [-0.1, -0.05) is 109 Å². The molecule has 0 saturated carbocycles. The van der Waals surface area contributed by atoms with Gasteiger partial charge in [0.15, 0.2) is 0 Å². The molecule has 12 aromatic rings. The van der Waals surface area contributed by atoms with Crippen molar-refractivity contribution in [3.8, 4) is 0 Å². The van der Waals surface area contributed by atoms with Crippen molar-refractivity contribution < 1.29 is 0 Å². The zero-order chi connectivity index (χ0) is 31.8. The van der Waals surface area contributed by atoms with E-state index in [9.17, 15) is 0 Å². The Bertz CT molecular complexity index is 3220. The summed E-state index contributed by atoms with van der Waals surface area (Å²) in [5, 5.41) is 12.9. The SMILES string of the molecule is c1ccc(N(c2ccccc2)c2cccc3c4cc5ccccc5c5c6cc7c(cc6n(c23)c45)c2cccc3c4ccccc4n7c32)cc1. The number of benzene rings is 8. The number of hydrogen-bond acceptors (Lipinski definition) is 1. The minimum atomic E-state index is 1.13. The lowest BCUT2D eigenvalue weighted by Crippen LogP contribution is -2.10. The Hall–Kier alpha value is -6.58. The Morgan fingerprint density at radius 1 is 0.327 bits per heavy atom. The summed E-state index contributed by atoms with van der Waals surface area (Å²) in [6.45, 7) is 0. The van der Waals surface area contributed by atoms with Gasteiger partial charge < -0.3 is 13.7 Å². The second-order valence-corrected chi connectivity index (χ2v) is 13.3. The third-order valence-electron chi connectivity index (χ3n) is 10.9. The molecule has 0 amide bonds. The zero-order valence-corrected chi connectivity index (χ0v) is 26.4. The highest BCUT2D eigenvalue weighted by atomic mass is 15.2. The van der Waals surface area contributed by atoms with Crippen molar-refractivity contribution in [3.05, 3.63) is 164 Å². The molecule has 3 heteroatoms. The maximum absolute atomic E-state index is 2.57. The Morgan fingerprint density at radius 3 is 1.67 bits per heavy atom. The van der Waals surface area contributed by atoms with E-state index >= 15 is 0 Å². The van der Waals surface area contributed by atoms with Crippen LogP contribution in [0.2, 0.25) is 0 Å². The lowest BCUT2D eigenvalue weighted by atomic mass is 9.99. The molecule has 0 fully saturated rings. The maximum Gasteiger partial charge on any atom is 0.0782 e. The van der Waals surface area contributed by atoms with E-state index in [1.54, 1.807) is 0 Å². The molecule has 4 heterocycles. The van der Waals surface area contributed by atoms with Gasteiger partial charge in [-0.3, -0.25) is 0 Å². The van der Waals surface area contributed by atoms with Gasteiger partial charge in [-0.15, -0.1) is 0 Å². The quantitative estimate of drug-likeness (QED) is 0.191. The molecule has 3 nitrogen and oxygen atoms in total. The van der Waals surface area contributed by atoms with Crippen LogP contribution < -0.4 is 4.90 Å². The Morgan fingerprint density at radius 2 is 0.898 bits per heavy atom. The van der Waals surface area contributed by atoms with Crippen LogP contribution in [0, 0.1) is 0 Å². The molecule has 0 aliphatic rings. The molecule has 0 aliphatic carbocycles. The molecule has 0 atom stereocenters. The minimum absolute atomic E-state index is 1.13. The van der Waals surface area contributed by atoms with Crippen molar-refractivity contribution in [3.63, 3.8) is 0 Å². The Labute approximate surface area is 280 Å². The van der Waals surface area contributed by atoms with Crippen LogP contribution in [0.4, 0.5) is 17.1 Å². The van der Waals surface area contributed by atoms with Gasteiger partial charge in [0.25, 0.3) is 0 Å². The first-order valence-corrected chi connectivity index (χ1v) is 17.0. The fourth-order valence-electron chi connectivity index (χ4n) is 8.99. The predicted molar refractivity (Wildman–Crippen MR) is 208 cm³/mol. The van der Waals surface area contributed by atoms with E-state index in [-0.39, 0.29) is 0 Å². The van der Waals surface area contributed by atoms with E-state index < -0.39 is 0 Å². The van der Waals surface area contributed by atoms with Crippen LogP contribution in [0.5, 0.6) is 0 Å². The molecule has 4 aromatic heterocycles. The molecule has 0 spiro atoms. The van der Waals surface area contributed by atoms with Crippen molar-refractivity contribution in [1.29, 1.82) is 0 Å². The van der Waals surface area contributed by atoms with Crippen LogP contribution in [0.3, 0.4) is 0 Å². The Balaban J connectivity index is 1.33. The average Bonchev–Trinajstić information content (AvgIpc) is 3.88. The van der Waals surface area contributed by atoms with Gasteiger partial charge in [0.05, 0.1) is 38.8 Å². The van der Waals surface area contributed by atoms with Crippen molar-refractivity contribution in [2.24, 2.45) is 0 Å². The number of aromatic nitrogens is 2. The van der Waals surface area contributed by atoms with Crippen LogP contribution in [0.25, 0.3) is 87.0 Å². The van der Waals surface area contributed by atoms with Crippen molar-refractivity contribution in [2.45, 2.75) is 0 Å². The number of rotatable bonds is 3. The summed E-state index contributed by atoms with van der Waals surface area (Å²) in [5.41, 5.74) is 11.0. The fourth-order valence-corrected chi connectivity index (χ4v) is 8.99. The standard InChI is InChI=1S/C46H27N3/c1-3-14-29(15-4-1)47(30-16-5-2-6-17-30)40-24-12-22-35-37-25-28-13-7-8-18-31(28)43-38-27-41-36(26-42(38)49(45(35)40)46(37)43)34-21-11-20-33-32-19-9-10-23-39(32)48(41)44(33)34/h1-27H. The monoisotopic (exact) mass is 621 g/mol. The molecule has 0 radical (unpaired) electrons. The molecule has 226 valence electrons. The first kappa shape index (κ1) is 25.5. The van der Waals surface area contributed by atoms with E-state index in [2.05, 4.69) is 177 Å². The van der Waals surface area contributed by atoms with Crippen LogP contribution in [-0.4, -0.2) is 8.80 Å². The fraction of sp³-hybridized carbons (Fsp3) is 0.